The summed E-state index contributed by atoms with van der Waals surface area (Å²) in [6, 6.07) is 0. The Kier molecular flexibility index (Phi) is 2.01. The summed E-state index contributed by atoms with van der Waals surface area (Å²) in [5, 5.41) is 0. The fourth-order valence-electron chi connectivity index (χ4n) is 3.33. The minimum Gasteiger partial charge on any atom is -0.346 e. The Bertz CT molecular complexity index is 326. The van der Waals surface area contributed by atoms with E-state index in [1.165, 1.54) is 0 Å². The second-order valence-electron chi connectivity index (χ2n) is 4.75. The molecule has 1 aliphatic heterocycles. The molecule has 82 valence electrons. The summed E-state index contributed by atoms with van der Waals surface area (Å²) < 4.78 is 11.6. The van der Waals surface area contributed by atoms with Gasteiger partial charge in [0.1, 0.15) is 0 Å². The zero-order valence-electron chi connectivity index (χ0n) is 8.99. The van der Waals surface area contributed by atoms with Gasteiger partial charge in [-0.15, -0.1) is 0 Å². The minimum absolute atomic E-state index is 0.0533. The molecule has 1 saturated heterocycles. The van der Waals surface area contributed by atoms with E-state index in [9.17, 15) is 4.79 Å². The lowest BCUT2D eigenvalue weighted by atomic mass is 9.67. The molecule has 2 bridgehead atoms. The van der Waals surface area contributed by atoms with Crippen LogP contribution in [-0.2, 0) is 14.3 Å². The lowest BCUT2D eigenvalue weighted by Gasteiger charge is -2.47. The largest absolute Gasteiger partial charge is 0.346 e. The summed E-state index contributed by atoms with van der Waals surface area (Å²) in [5.41, 5.74) is 1.14. The Labute approximate surface area is 89.4 Å². The molecule has 15 heavy (non-hydrogen) atoms. The van der Waals surface area contributed by atoms with E-state index < -0.39 is 5.79 Å². The third kappa shape index (κ3) is 1.16. The van der Waals surface area contributed by atoms with Crippen LogP contribution in [0.2, 0.25) is 0 Å². The Balaban J connectivity index is 2.07. The number of hydrogen-bond acceptors (Lipinski definition) is 3. The second-order valence-corrected chi connectivity index (χ2v) is 4.75. The molecule has 3 aliphatic rings. The van der Waals surface area contributed by atoms with Gasteiger partial charge in [0, 0.05) is 5.92 Å². The van der Waals surface area contributed by atoms with Gasteiger partial charge < -0.3 is 9.47 Å². The van der Waals surface area contributed by atoms with Crippen LogP contribution in [0.1, 0.15) is 26.2 Å². The van der Waals surface area contributed by atoms with Gasteiger partial charge in [-0.2, -0.15) is 0 Å². The van der Waals surface area contributed by atoms with Crippen molar-refractivity contribution in [2.45, 2.75) is 32.0 Å². The molecule has 1 saturated carbocycles. The molecule has 0 N–H and O–H groups in total. The van der Waals surface area contributed by atoms with Crippen LogP contribution in [-0.4, -0.2) is 24.8 Å². The van der Waals surface area contributed by atoms with Crippen LogP contribution >= 0.6 is 0 Å². The zero-order chi connectivity index (χ0) is 10.5. The molecule has 1 heterocycles. The maximum atomic E-state index is 11.9. The fourth-order valence-corrected chi connectivity index (χ4v) is 3.33. The van der Waals surface area contributed by atoms with Crippen molar-refractivity contribution in [2.24, 2.45) is 11.8 Å². The highest BCUT2D eigenvalue weighted by atomic mass is 16.7. The molecule has 1 spiro atoms. The molecular formula is C12H16O3. The quantitative estimate of drug-likeness (QED) is 0.607. The van der Waals surface area contributed by atoms with E-state index in [0.717, 1.165) is 24.8 Å². The molecule has 3 heteroatoms. The summed E-state index contributed by atoms with van der Waals surface area (Å²) >= 11 is 0. The van der Waals surface area contributed by atoms with Crippen molar-refractivity contribution in [3.8, 4) is 0 Å². The van der Waals surface area contributed by atoms with Crippen molar-refractivity contribution in [3.05, 3.63) is 11.6 Å². The molecule has 2 aliphatic carbocycles. The number of ketones is 1. The lowest BCUT2D eigenvalue weighted by Crippen LogP contribution is -2.54. The van der Waals surface area contributed by atoms with Crippen molar-refractivity contribution in [1.82, 2.24) is 0 Å². The van der Waals surface area contributed by atoms with E-state index in [4.69, 9.17) is 9.47 Å². The van der Waals surface area contributed by atoms with Crippen molar-refractivity contribution in [3.63, 3.8) is 0 Å². The number of carbonyl (C=O) groups excluding carboxylic acids is 1. The molecule has 0 aromatic heterocycles. The summed E-state index contributed by atoms with van der Waals surface area (Å²) in [4.78, 5) is 11.9. The molecule has 0 aromatic rings. The van der Waals surface area contributed by atoms with E-state index in [0.29, 0.717) is 19.1 Å². The Morgan fingerprint density at radius 1 is 1.27 bits per heavy atom. The predicted octanol–water partition coefficient (Wildman–Crippen LogP) is 1.67. The van der Waals surface area contributed by atoms with Gasteiger partial charge in [0.2, 0.25) is 0 Å². The first kappa shape index (κ1) is 9.55. The molecule has 0 radical (unpaired) electrons. The topological polar surface area (TPSA) is 35.5 Å². The summed E-state index contributed by atoms with van der Waals surface area (Å²) in [5.74, 6) is -0.141. The number of hydrogen-bond donors (Lipinski definition) is 0. The molecule has 3 nitrogen and oxygen atoms in total. The van der Waals surface area contributed by atoms with E-state index in [1.807, 2.05) is 6.92 Å². The molecule has 0 amide bonds. The van der Waals surface area contributed by atoms with E-state index in [2.05, 4.69) is 0 Å². The van der Waals surface area contributed by atoms with Crippen LogP contribution in [0, 0.1) is 11.8 Å². The average Bonchev–Trinajstić information content (AvgIpc) is 2.64. The normalized spacial score (nSPS) is 38.2. The maximum absolute atomic E-state index is 11.9. The smallest absolute Gasteiger partial charge is 0.185 e. The molecular weight excluding hydrogens is 192 g/mol. The van der Waals surface area contributed by atoms with Gasteiger partial charge in [-0.3, -0.25) is 4.79 Å². The van der Waals surface area contributed by atoms with Crippen LogP contribution in [0.15, 0.2) is 11.6 Å². The fraction of sp³-hybridized carbons (Fsp3) is 0.750. The number of carbonyl (C=O) groups is 1. The van der Waals surface area contributed by atoms with Crippen molar-refractivity contribution >= 4 is 5.78 Å². The van der Waals surface area contributed by atoms with Crippen LogP contribution in [0.4, 0.5) is 0 Å². The van der Waals surface area contributed by atoms with E-state index >= 15 is 0 Å². The minimum atomic E-state index is -0.589. The first-order valence-corrected chi connectivity index (χ1v) is 5.74. The Hall–Kier alpha value is -0.670. The van der Waals surface area contributed by atoms with E-state index in [-0.39, 0.29) is 11.7 Å². The second kappa shape index (κ2) is 3.16. The van der Waals surface area contributed by atoms with Crippen LogP contribution in [0.3, 0.4) is 0 Å². The van der Waals surface area contributed by atoms with Gasteiger partial charge in [-0.05, 0) is 25.8 Å². The third-order valence-electron chi connectivity index (χ3n) is 3.96. The van der Waals surface area contributed by atoms with Gasteiger partial charge in [0.05, 0.1) is 19.1 Å². The lowest BCUT2D eigenvalue weighted by molar-refractivity contribution is -0.234. The average molecular weight is 208 g/mol. The van der Waals surface area contributed by atoms with Gasteiger partial charge in [0.15, 0.2) is 11.6 Å². The van der Waals surface area contributed by atoms with Crippen LogP contribution in [0.5, 0.6) is 0 Å². The highest BCUT2D eigenvalue weighted by Gasteiger charge is 2.57. The molecule has 2 unspecified atom stereocenters. The van der Waals surface area contributed by atoms with Crippen molar-refractivity contribution < 1.29 is 14.3 Å². The van der Waals surface area contributed by atoms with Crippen molar-refractivity contribution in [1.29, 1.82) is 0 Å². The first-order chi connectivity index (χ1) is 7.24. The number of allylic oxidation sites excluding steroid dienone is 1. The monoisotopic (exact) mass is 208 g/mol. The molecule has 0 aromatic carbocycles. The van der Waals surface area contributed by atoms with E-state index in [1.54, 1.807) is 6.08 Å². The summed E-state index contributed by atoms with van der Waals surface area (Å²) in [6.45, 7) is 3.29. The highest BCUT2D eigenvalue weighted by Crippen LogP contribution is 2.50. The van der Waals surface area contributed by atoms with Gasteiger partial charge in [-0.25, -0.2) is 0 Å². The Morgan fingerprint density at radius 2 is 1.93 bits per heavy atom. The van der Waals surface area contributed by atoms with Crippen LogP contribution < -0.4 is 0 Å². The summed E-state index contributed by atoms with van der Waals surface area (Å²) in [6.07, 6.45) is 4.91. The van der Waals surface area contributed by atoms with Crippen LogP contribution in [0.25, 0.3) is 0 Å². The number of ether oxygens (including phenoxy) is 2. The zero-order valence-corrected chi connectivity index (χ0v) is 8.99. The maximum Gasteiger partial charge on any atom is 0.185 e. The van der Waals surface area contributed by atoms with Gasteiger partial charge in [0.25, 0.3) is 0 Å². The highest BCUT2D eigenvalue weighted by molar-refractivity contribution is 5.94. The molecule has 2 fully saturated rings. The first-order valence-electron chi connectivity index (χ1n) is 5.74. The van der Waals surface area contributed by atoms with Gasteiger partial charge >= 0.3 is 0 Å². The molecule has 2 atom stereocenters. The predicted molar refractivity (Wildman–Crippen MR) is 54.2 cm³/mol. The summed E-state index contributed by atoms with van der Waals surface area (Å²) in [7, 11) is 0. The third-order valence-corrected chi connectivity index (χ3v) is 3.96. The SMILES string of the molecule is CC1=CC(=O)C2CCCC1C21OCCO1. The van der Waals surface area contributed by atoms with Crippen molar-refractivity contribution in [2.75, 3.05) is 13.2 Å². The van der Waals surface area contributed by atoms with Gasteiger partial charge in [-0.1, -0.05) is 12.0 Å². The standard InChI is InChI=1S/C12H16O3/c1-8-7-11(13)10-4-2-3-9(8)12(10)14-5-6-15-12/h7,9-10H,2-6H2,1H3. The Morgan fingerprint density at radius 3 is 2.67 bits per heavy atom. The number of rotatable bonds is 0. The molecule has 3 rings (SSSR count).